The van der Waals surface area contributed by atoms with Crippen LogP contribution in [-0.2, 0) is 10.3 Å². The van der Waals surface area contributed by atoms with Crippen LogP contribution in [0.15, 0.2) is 30.3 Å². The lowest BCUT2D eigenvalue weighted by Crippen LogP contribution is -2.49. The van der Waals surface area contributed by atoms with Gasteiger partial charge in [0.25, 0.3) is 0 Å². The summed E-state index contributed by atoms with van der Waals surface area (Å²) in [6.45, 7) is 0.484. The Morgan fingerprint density at radius 3 is 2.53 bits per heavy atom. The lowest BCUT2D eigenvalue weighted by atomic mass is 9.87. The Kier molecular flexibility index (Phi) is 2.46. The van der Waals surface area contributed by atoms with Crippen molar-refractivity contribution in [2.75, 3.05) is 6.54 Å². The van der Waals surface area contributed by atoms with E-state index in [0.717, 1.165) is 17.0 Å². The van der Waals surface area contributed by atoms with Gasteiger partial charge >= 0.3 is 0 Å². The molecule has 1 saturated heterocycles. The molecule has 4 nitrogen and oxygen atoms in total. The Hall–Kier alpha value is -1.39. The zero-order valence-electron chi connectivity index (χ0n) is 8.39. The highest BCUT2D eigenvalue weighted by molar-refractivity contribution is 5.86. The first-order valence-electron chi connectivity index (χ1n) is 5.00. The van der Waals surface area contributed by atoms with Crippen LogP contribution in [0.1, 0.15) is 18.4 Å². The van der Waals surface area contributed by atoms with Crippen molar-refractivity contribution in [2.24, 2.45) is 5.73 Å². The van der Waals surface area contributed by atoms with E-state index < -0.39 is 11.4 Å². The van der Waals surface area contributed by atoms with Crippen molar-refractivity contribution >= 4 is 5.91 Å². The molecule has 3 N–H and O–H groups in total. The van der Waals surface area contributed by atoms with Gasteiger partial charge in [-0.2, -0.15) is 5.06 Å². The standard InChI is InChI=1S/C11H14N2O2/c12-10(14)11(7-4-8-13(11)15)9-5-2-1-3-6-9/h1-3,5-6,15H,4,7-8H2,(H2,12,14)/t11-/m1/s1. The molecule has 1 aromatic carbocycles. The normalized spacial score (nSPS) is 26.7. The topological polar surface area (TPSA) is 66.6 Å². The third-order valence-corrected chi connectivity index (χ3v) is 3.01. The van der Waals surface area contributed by atoms with Crippen LogP contribution >= 0.6 is 0 Å². The third-order valence-electron chi connectivity index (χ3n) is 3.01. The number of rotatable bonds is 2. The molecular formula is C11H14N2O2. The number of nitrogens with two attached hydrogens (primary N) is 1. The highest BCUT2D eigenvalue weighted by atomic mass is 16.5. The first-order valence-corrected chi connectivity index (χ1v) is 5.00. The highest BCUT2D eigenvalue weighted by Gasteiger charge is 2.47. The van der Waals surface area contributed by atoms with E-state index in [-0.39, 0.29) is 0 Å². The molecule has 1 atom stereocenters. The molecule has 0 unspecified atom stereocenters. The van der Waals surface area contributed by atoms with Crippen molar-refractivity contribution in [2.45, 2.75) is 18.4 Å². The van der Waals surface area contributed by atoms with Crippen molar-refractivity contribution in [3.63, 3.8) is 0 Å². The first-order chi connectivity index (χ1) is 7.18. The molecule has 1 aromatic rings. The predicted molar refractivity (Wildman–Crippen MR) is 55.0 cm³/mol. The zero-order chi connectivity index (χ0) is 10.9. The molecule has 0 bridgehead atoms. The van der Waals surface area contributed by atoms with Crippen molar-refractivity contribution in [1.29, 1.82) is 0 Å². The molecule has 0 radical (unpaired) electrons. The van der Waals surface area contributed by atoms with Crippen LogP contribution < -0.4 is 5.73 Å². The summed E-state index contributed by atoms with van der Waals surface area (Å²) in [5.41, 5.74) is 5.15. The number of hydrogen-bond acceptors (Lipinski definition) is 3. The molecule has 1 fully saturated rings. The Labute approximate surface area is 88.3 Å². The van der Waals surface area contributed by atoms with Gasteiger partial charge in [0.2, 0.25) is 5.91 Å². The SMILES string of the molecule is NC(=O)[C@]1(c2ccccc2)CCCN1O. The minimum atomic E-state index is -1.03. The molecule has 15 heavy (non-hydrogen) atoms. The molecule has 0 spiro atoms. The number of carbonyl (C=O) groups excluding carboxylic acids is 1. The van der Waals surface area contributed by atoms with E-state index >= 15 is 0 Å². The van der Waals surface area contributed by atoms with Gasteiger partial charge in [0.1, 0.15) is 5.54 Å². The maximum atomic E-state index is 11.6. The molecule has 1 aliphatic rings. The van der Waals surface area contributed by atoms with E-state index in [2.05, 4.69) is 0 Å². The molecule has 2 rings (SSSR count). The monoisotopic (exact) mass is 206 g/mol. The largest absolute Gasteiger partial charge is 0.368 e. The Bertz CT molecular complexity index is 366. The summed E-state index contributed by atoms with van der Waals surface area (Å²) < 4.78 is 0. The van der Waals surface area contributed by atoms with Crippen LogP contribution in [0.3, 0.4) is 0 Å². The Morgan fingerprint density at radius 1 is 1.40 bits per heavy atom. The average molecular weight is 206 g/mol. The molecule has 0 aliphatic carbocycles. The van der Waals surface area contributed by atoms with Gasteiger partial charge in [0.05, 0.1) is 0 Å². The fraction of sp³-hybridized carbons (Fsp3) is 0.364. The molecule has 1 amide bonds. The van der Waals surface area contributed by atoms with E-state index in [9.17, 15) is 10.0 Å². The van der Waals surface area contributed by atoms with Crippen LogP contribution in [0.2, 0.25) is 0 Å². The van der Waals surface area contributed by atoms with Gasteiger partial charge in [-0.25, -0.2) is 0 Å². The molecular weight excluding hydrogens is 192 g/mol. The van der Waals surface area contributed by atoms with Gasteiger partial charge in [0.15, 0.2) is 0 Å². The van der Waals surface area contributed by atoms with Crippen molar-refractivity contribution < 1.29 is 10.0 Å². The van der Waals surface area contributed by atoms with Gasteiger partial charge in [-0.1, -0.05) is 30.3 Å². The lowest BCUT2D eigenvalue weighted by Gasteiger charge is -2.31. The second kappa shape index (κ2) is 3.64. The van der Waals surface area contributed by atoms with Crippen LogP contribution in [0.25, 0.3) is 0 Å². The molecule has 0 saturated carbocycles. The van der Waals surface area contributed by atoms with Gasteiger partial charge < -0.3 is 10.9 Å². The van der Waals surface area contributed by atoms with Crippen LogP contribution in [-0.4, -0.2) is 22.7 Å². The van der Waals surface area contributed by atoms with Gasteiger partial charge in [-0.3, -0.25) is 4.79 Å². The molecule has 0 aromatic heterocycles. The summed E-state index contributed by atoms with van der Waals surface area (Å²) in [6.07, 6.45) is 1.34. The maximum absolute atomic E-state index is 11.6. The third kappa shape index (κ3) is 1.42. The molecule has 80 valence electrons. The number of amides is 1. The quantitative estimate of drug-likeness (QED) is 0.754. The van der Waals surface area contributed by atoms with Gasteiger partial charge in [-0.05, 0) is 18.4 Å². The number of primary amides is 1. The van der Waals surface area contributed by atoms with Crippen molar-refractivity contribution in [3.8, 4) is 0 Å². The lowest BCUT2D eigenvalue weighted by molar-refractivity contribution is -0.170. The van der Waals surface area contributed by atoms with E-state index in [1.165, 1.54) is 0 Å². The summed E-state index contributed by atoms with van der Waals surface area (Å²) in [4.78, 5) is 11.6. The minimum Gasteiger partial charge on any atom is -0.368 e. The number of nitrogens with zero attached hydrogens (tertiary/aromatic N) is 1. The summed E-state index contributed by atoms with van der Waals surface area (Å²) in [5.74, 6) is -0.492. The Morgan fingerprint density at radius 2 is 2.07 bits per heavy atom. The zero-order valence-corrected chi connectivity index (χ0v) is 8.39. The number of benzene rings is 1. The summed E-state index contributed by atoms with van der Waals surface area (Å²) in [5, 5.41) is 10.9. The minimum absolute atomic E-state index is 0.484. The summed E-state index contributed by atoms with van der Waals surface area (Å²) >= 11 is 0. The number of carbonyl (C=O) groups is 1. The van der Waals surface area contributed by atoms with Crippen molar-refractivity contribution in [3.05, 3.63) is 35.9 Å². The summed E-state index contributed by atoms with van der Waals surface area (Å²) in [6, 6.07) is 9.19. The van der Waals surface area contributed by atoms with Gasteiger partial charge in [0, 0.05) is 6.54 Å². The highest BCUT2D eigenvalue weighted by Crippen LogP contribution is 2.37. The smallest absolute Gasteiger partial charge is 0.244 e. The predicted octanol–water partition coefficient (Wildman–Crippen LogP) is 0.852. The Balaban J connectivity index is 2.49. The maximum Gasteiger partial charge on any atom is 0.244 e. The number of hydrogen-bond donors (Lipinski definition) is 2. The van der Waals surface area contributed by atoms with E-state index in [1.807, 2.05) is 30.3 Å². The molecule has 1 heterocycles. The first kappa shape index (κ1) is 10.1. The van der Waals surface area contributed by atoms with Crippen molar-refractivity contribution in [1.82, 2.24) is 5.06 Å². The van der Waals surface area contributed by atoms with E-state index in [0.29, 0.717) is 13.0 Å². The molecule has 4 heteroatoms. The van der Waals surface area contributed by atoms with Crippen LogP contribution in [0, 0.1) is 0 Å². The second-order valence-electron chi connectivity index (χ2n) is 3.82. The number of hydroxylamine groups is 2. The fourth-order valence-corrected chi connectivity index (χ4v) is 2.20. The molecule has 1 aliphatic heterocycles. The van der Waals surface area contributed by atoms with Gasteiger partial charge in [-0.15, -0.1) is 0 Å². The summed E-state index contributed by atoms with van der Waals surface area (Å²) in [7, 11) is 0. The van der Waals surface area contributed by atoms with E-state index in [1.54, 1.807) is 0 Å². The van der Waals surface area contributed by atoms with Crippen LogP contribution in [0.5, 0.6) is 0 Å². The van der Waals surface area contributed by atoms with E-state index in [4.69, 9.17) is 5.73 Å². The van der Waals surface area contributed by atoms with Crippen LogP contribution in [0.4, 0.5) is 0 Å². The fourth-order valence-electron chi connectivity index (χ4n) is 2.20. The second-order valence-corrected chi connectivity index (χ2v) is 3.82. The average Bonchev–Trinajstić information content (AvgIpc) is 2.62.